The molecule has 1 aromatic heterocycles. The zero-order valence-corrected chi connectivity index (χ0v) is 13.4. The third kappa shape index (κ3) is 3.68. The molecule has 1 fully saturated rings. The molecule has 1 amide bonds. The Morgan fingerprint density at radius 3 is 2.82 bits per heavy atom. The zero-order valence-electron chi connectivity index (χ0n) is 12.6. The van der Waals surface area contributed by atoms with Crippen molar-refractivity contribution >= 4 is 17.7 Å². The summed E-state index contributed by atoms with van der Waals surface area (Å²) in [5, 5.41) is 8.53. The Bertz CT molecular complexity index is 629. The fourth-order valence-electron chi connectivity index (χ4n) is 2.50. The molecule has 0 aliphatic carbocycles. The van der Waals surface area contributed by atoms with Gasteiger partial charge < -0.3 is 9.32 Å². The first kappa shape index (κ1) is 15.1. The van der Waals surface area contributed by atoms with E-state index in [4.69, 9.17) is 4.42 Å². The van der Waals surface area contributed by atoms with Crippen LogP contribution in [0.15, 0.2) is 40.0 Å². The molecule has 1 aliphatic rings. The van der Waals surface area contributed by atoms with Crippen molar-refractivity contribution in [2.45, 2.75) is 36.2 Å². The number of benzene rings is 1. The van der Waals surface area contributed by atoms with Crippen LogP contribution in [0.4, 0.5) is 0 Å². The maximum Gasteiger partial charge on any atom is 0.277 e. The first-order chi connectivity index (χ1) is 10.7. The van der Waals surface area contributed by atoms with E-state index in [2.05, 4.69) is 22.3 Å². The van der Waals surface area contributed by atoms with Crippen molar-refractivity contribution in [3.05, 3.63) is 41.8 Å². The van der Waals surface area contributed by atoms with E-state index < -0.39 is 0 Å². The molecule has 0 bridgehead atoms. The number of aryl methyl sites for hydroxylation is 2. The van der Waals surface area contributed by atoms with Crippen molar-refractivity contribution in [2.24, 2.45) is 0 Å². The average molecular weight is 317 g/mol. The molecule has 1 unspecified atom stereocenters. The summed E-state index contributed by atoms with van der Waals surface area (Å²) in [5.41, 5.74) is 1.32. The van der Waals surface area contributed by atoms with Crippen molar-refractivity contribution in [1.29, 1.82) is 0 Å². The highest BCUT2D eigenvalue weighted by Crippen LogP contribution is 2.29. The van der Waals surface area contributed by atoms with Gasteiger partial charge in [0.05, 0.1) is 5.25 Å². The van der Waals surface area contributed by atoms with Gasteiger partial charge in [0.15, 0.2) is 0 Å². The summed E-state index contributed by atoms with van der Waals surface area (Å²) >= 11 is 1.38. The zero-order chi connectivity index (χ0) is 15.4. The quantitative estimate of drug-likeness (QED) is 0.819. The number of likely N-dealkylation sites (tertiary alicyclic amines) is 1. The van der Waals surface area contributed by atoms with E-state index >= 15 is 0 Å². The van der Waals surface area contributed by atoms with Crippen molar-refractivity contribution < 1.29 is 9.21 Å². The van der Waals surface area contributed by atoms with E-state index in [0.717, 1.165) is 32.2 Å². The Morgan fingerprint density at radius 2 is 2.09 bits per heavy atom. The molecule has 1 aromatic carbocycles. The normalized spacial score (nSPS) is 18.1. The lowest BCUT2D eigenvalue weighted by atomic mass is 10.1. The van der Waals surface area contributed by atoms with E-state index in [1.807, 2.05) is 25.2 Å². The lowest BCUT2D eigenvalue weighted by Crippen LogP contribution is -2.23. The van der Waals surface area contributed by atoms with E-state index in [0.29, 0.717) is 11.1 Å². The van der Waals surface area contributed by atoms with Crippen molar-refractivity contribution in [3.8, 4) is 0 Å². The van der Waals surface area contributed by atoms with E-state index in [-0.39, 0.29) is 11.2 Å². The molecule has 1 atom stereocenters. The molecule has 0 radical (unpaired) electrons. The first-order valence-corrected chi connectivity index (χ1v) is 8.38. The summed E-state index contributed by atoms with van der Waals surface area (Å²) in [5.74, 6) is 0.797. The van der Waals surface area contributed by atoms with Crippen LogP contribution in [-0.4, -0.2) is 39.8 Å². The number of carbonyl (C=O) groups is 1. The summed E-state index contributed by atoms with van der Waals surface area (Å²) in [6.45, 7) is 0.800. The monoisotopic (exact) mass is 317 g/mol. The maximum atomic E-state index is 11.9. The number of thioether (sulfide) groups is 1. The third-order valence-electron chi connectivity index (χ3n) is 3.77. The van der Waals surface area contributed by atoms with Crippen LogP contribution in [-0.2, 0) is 17.6 Å². The summed E-state index contributed by atoms with van der Waals surface area (Å²) < 4.78 is 5.64. The van der Waals surface area contributed by atoms with Gasteiger partial charge >= 0.3 is 0 Å². The molecule has 2 aromatic rings. The summed E-state index contributed by atoms with van der Waals surface area (Å²) in [4.78, 5) is 13.6. The van der Waals surface area contributed by atoms with E-state index in [1.165, 1.54) is 17.3 Å². The molecule has 1 aliphatic heterocycles. The van der Waals surface area contributed by atoms with Crippen molar-refractivity contribution in [3.63, 3.8) is 0 Å². The van der Waals surface area contributed by atoms with Crippen LogP contribution in [0, 0.1) is 0 Å². The van der Waals surface area contributed by atoms with Crippen LogP contribution >= 0.6 is 11.8 Å². The number of carbonyl (C=O) groups excluding carboxylic acids is 1. The maximum absolute atomic E-state index is 11.9. The molecule has 0 saturated carbocycles. The minimum atomic E-state index is -0.0809. The Labute approximate surface area is 134 Å². The fraction of sp³-hybridized carbons (Fsp3) is 0.438. The minimum absolute atomic E-state index is 0.0809. The van der Waals surface area contributed by atoms with E-state index in [9.17, 15) is 4.79 Å². The van der Waals surface area contributed by atoms with Gasteiger partial charge in [-0.2, -0.15) is 0 Å². The molecule has 5 nitrogen and oxygen atoms in total. The average Bonchev–Trinajstić information content (AvgIpc) is 3.10. The smallest absolute Gasteiger partial charge is 0.277 e. The number of aromatic nitrogens is 2. The van der Waals surface area contributed by atoms with Gasteiger partial charge in [0.2, 0.25) is 11.8 Å². The van der Waals surface area contributed by atoms with Gasteiger partial charge in [0.25, 0.3) is 5.22 Å². The van der Waals surface area contributed by atoms with Crippen LogP contribution in [0.5, 0.6) is 0 Å². The number of amides is 1. The summed E-state index contributed by atoms with van der Waals surface area (Å²) in [7, 11) is 1.83. The molecule has 1 saturated heterocycles. The van der Waals surface area contributed by atoms with Gasteiger partial charge in [0.1, 0.15) is 0 Å². The van der Waals surface area contributed by atoms with Gasteiger partial charge in [-0.25, -0.2) is 0 Å². The van der Waals surface area contributed by atoms with Crippen molar-refractivity contribution in [1.82, 2.24) is 15.1 Å². The van der Waals surface area contributed by atoms with Gasteiger partial charge in [-0.15, -0.1) is 10.2 Å². The van der Waals surface area contributed by atoms with E-state index in [1.54, 1.807) is 4.90 Å². The number of hydrogen-bond acceptors (Lipinski definition) is 5. The van der Waals surface area contributed by atoms with Gasteiger partial charge in [-0.3, -0.25) is 4.79 Å². The van der Waals surface area contributed by atoms with Gasteiger partial charge in [-0.1, -0.05) is 42.1 Å². The summed E-state index contributed by atoms with van der Waals surface area (Å²) in [6.07, 6.45) is 3.58. The number of nitrogens with zero attached hydrogens (tertiary/aromatic N) is 3. The topological polar surface area (TPSA) is 59.2 Å². The SMILES string of the molecule is CN1CCC(Sc2nnc(CCCc3ccccc3)o2)C1=O. The Hall–Kier alpha value is -1.82. The molecule has 3 rings (SSSR count). The molecule has 22 heavy (non-hydrogen) atoms. The second-order valence-electron chi connectivity index (χ2n) is 5.46. The number of rotatable bonds is 6. The second-order valence-corrected chi connectivity index (χ2v) is 6.61. The minimum Gasteiger partial charge on any atom is -0.416 e. The molecule has 2 heterocycles. The lowest BCUT2D eigenvalue weighted by molar-refractivity contribution is -0.126. The molecule has 116 valence electrons. The lowest BCUT2D eigenvalue weighted by Gasteiger charge is -2.07. The molecule has 0 N–H and O–H groups in total. The van der Waals surface area contributed by atoms with Crippen LogP contribution in [0.25, 0.3) is 0 Å². The van der Waals surface area contributed by atoms with Gasteiger partial charge in [0, 0.05) is 20.0 Å². The second kappa shape index (κ2) is 6.96. The van der Waals surface area contributed by atoms with Crippen LogP contribution in [0.2, 0.25) is 0 Å². The standard InChI is InChI=1S/C16H19N3O2S/c1-19-11-10-13(15(19)20)22-16-18-17-14(21-16)9-5-8-12-6-3-2-4-7-12/h2-4,6-7,13H,5,8-11H2,1H3. The molecule has 6 heteroatoms. The fourth-order valence-corrected chi connectivity index (χ4v) is 3.48. The highest BCUT2D eigenvalue weighted by atomic mass is 32.2. The Balaban J connectivity index is 1.48. The molecule has 0 spiro atoms. The first-order valence-electron chi connectivity index (χ1n) is 7.50. The Kier molecular flexibility index (Phi) is 4.77. The Morgan fingerprint density at radius 1 is 1.27 bits per heavy atom. The predicted octanol–water partition coefficient (Wildman–Crippen LogP) is 2.57. The highest BCUT2D eigenvalue weighted by Gasteiger charge is 2.31. The summed E-state index contributed by atoms with van der Waals surface area (Å²) in [6, 6.07) is 10.4. The number of hydrogen-bond donors (Lipinski definition) is 0. The molecular weight excluding hydrogens is 298 g/mol. The van der Waals surface area contributed by atoms with Crippen LogP contribution in [0.3, 0.4) is 0 Å². The largest absolute Gasteiger partial charge is 0.416 e. The van der Waals surface area contributed by atoms with Crippen LogP contribution < -0.4 is 0 Å². The highest BCUT2D eigenvalue weighted by molar-refractivity contribution is 8.00. The van der Waals surface area contributed by atoms with Crippen LogP contribution in [0.1, 0.15) is 24.3 Å². The predicted molar refractivity (Wildman–Crippen MR) is 84.7 cm³/mol. The molecular formula is C16H19N3O2S. The van der Waals surface area contributed by atoms with Gasteiger partial charge in [-0.05, 0) is 24.8 Å². The third-order valence-corrected chi connectivity index (χ3v) is 4.86. The van der Waals surface area contributed by atoms with Crippen molar-refractivity contribution in [2.75, 3.05) is 13.6 Å².